The summed E-state index contributed by atoms with van der Waals surface area (Å²) in [5.74, 6) is 0.512. The molecule has 3 aromatic heterocycles. The second-order valence-corrected chi connectivity index (χ2v) is 13.6. The van der Waals surface area contributed by atoms with Gasteiger partial charge in [-0.15, -0.1) is 22.7 Å². The lowest BCUT2D eigenvalue weighted by atomic mass is 9.99. The first-order chi connectivity index (χ1) is 18.8. The van der Waals surface area contributed by atoms with E-state index in [4.69, 9.17) is 10.7 Å². The minimum atomic E-state index is -0.426. The lowest BCUT2D eigenvalue weighted by Crippen LogP contribution is -2.42. The van der Waals surface area contributed by atoms with Crippen molar-refractivity contribution in [3.05, 3.63) is 96.6 Å². The largest absolute Gasteiger partial charge is 0.330 e. The average molecular weight is 624 g/mol. The molecule has 0 spiro atoms. The Bertz CT molecular complexity index is 1690. The molecule has 39 heavy (non-hydrogen) atoms. The summed E-state index contributed by atoms with van der Waals surface area (Å²) in [5.41, 5.74) is 8.25. The molecule has 1 unspecified atom stereocenters. The Morgan fingerprint density at radius 3 is 2.49 bits per heavy atom. The number of aryl methyl sites for hydroxylation is 1. The number of fused-ring (bicyclic) bond motifs is 3. The molecule has 2 N–H and O–H groups in total. The Balaban J connectivity index is 1.74. The van der Waals surface area contributed by atoms with E-state index in [1.807, 2.05) is 72.5 Å². The minimum Gasteiger partial charge on any atom is -0.330 e. The molecule has 0 aliphatic carbocycles. The maximum Gasteiger partial charge on any atom is 0.271 e. The summed E-state index contributed by atoms with van der Waals surface area (Å²) in [6.07, 6.45) is 0.645. The summed E-state index contributed by atoms with van der Waals surface area (Å²) in [7, 11) is 0. The lowest BCUT2D eigenvalue weighted by molar-refractivity contribution is 0.0603. The number of carbonyl (C=O) groups is 1. The predicted octanol–water partition coefficient (Wildman–Crippen LogP) is 6.98. The summed E-state index contributed by atoms with van der Waals surface area (Å²) in [6, 6.07) is 19.2. The van der Waals surface area contributed by atoms with E-state index in [2.05, 4.69) is 29.8 Å². The van der Waals surface area contributed by atoms with Crippen molar-refractivity contribution >= 4 is 64.8 Å². The van der Waals surface area contributed by atoms with Gasteiger partial charge in [-0.05, 0) is 72.1 Å². The van der Waals surface area contributed by atoms with Crippen molar-refractivity contribution in [1.29, 1.82) is 0 Å². The van der Waals surface area contributed by atoms with Gasteiger partial charge in [0.15, 0.2) is 0 Å². The van der Waals surface area contributed by atoms with Crippen molar-refractivity contribution in [2.24, 2.45) is 11.7 Å². The van der Waals surface area contributed by atoms with Crippen molar-refractivity contribution in [3.63, 3.8) is 0 Å². The fourth-order valence-electron chi connectivity index (χ4n) is 4.95. The molecule has 0 saturated heterocycles. The van der Waals surface area contributed by atoms with Gasteiger partial charge in [0.1, 0.15) is 10.5 Å². The maximum absolute atomic E-state index is 14.2. The van der Waals surface area contributed by atoms with E-state index >= 15 is 0 Å². The van der Waals surface area contributed by atoms with Crippen molar-refractivity contribution in [2.45, 2.75) is 39.8 Å². The Labute approximate surface area is 244 Å². The fraction of sp³-hybridized carbons (Fsp3) is 0.300. The normalized spacial score (nSPS) is 12.5. The molecule has 1 amide bonds. The van der Waals surface area contributed by atoms with Gasteiger partial charge in [-0.25, -0.2) is 4.98 Å². The number of rotatable bonds is 9. The van der Waals surface area contributed by atoms with E-state index in [1.54, 1.807) is 15.9 Å². The molecule has 202 valence electrons. The highest BCUT2D eigenvalue weighted by molar-refractivity contribution is 9.11. The van der Waals surface area contributed by atoms with Crippen molar-refractivity contribution in [1.82, 2.24) is 14.5 Å². The zero-order valence-electron chi connectivity index (χ0n) is 22.2. The van der Waals surface area contributed by atoms with Crippen LogP contribution in [-0.4, -0.2) is 33.4 Å². The number of benzene rings is 2. The Morgan fingerprint density at radius 2 is 1.82 bits per heavy atom. The zero-order valence-corrected chi connectivity index (χ0v) is 25.4. The van der Waals surface area contributed by atoms with Gasteiger partial charge < -0.3 is 10.6 Å². The van der Waals surface area contributed by atoms with Crippen LogP contribution in [-0.2, 0) is 6.54 Å². The number of halogens is 1. The molecule has 0 saturated carbocycles. The van der Waals surface area contributed by atoms with Gasteiger partial charge in [-0.2, -0.15) is 0 Å². The van der Waals surface area contributed by atoms with E-state index in [0.29, 0.717) is 47.7 Å². The van der Waals surface area contributed by atoms with Crippen LogP contribution in [0, 0.1) is 12.8 Å². The van der Waals surface area contributed by atoms with Gasteiger partial charge >= 0.3 is 0 Å². The second-order valence-electron chi connectivity index (χ2n) is 10.0. The molecule has 9 heteroatoms. The van der Waals surface area contributed by atoms with Crippen LogP contribution in [0.1, 0.15) is 52.9 Å². The Hall–Kier alpha value is -2.85. The molecule has 1 atom stereocenters. The number of carbonyl (C=O) groups excluding carboxylic acids is 1. The molecule has 0 aliphatic heterocycles. The third-order valence-corrected chi connectivity index (χ3v) is 9.61. The summed E-state index contributed by atoms with van der Waals surface area (Å²) in [5, 5.41) is 0.961. The van der Waals surface area contributed by atoms with Crippen LogP contribution in [0.15, 0.2) is 69.2 Å². The van der Waals surface area contributed by atoms with Gasteiger partial charge in [-0.1, -0.05) is 49.7 Å². The van der Waals surface area contributed by atoms with E-state index in [0.717, 1.165) is 24.3 Å². The van der Waals surface area contributed by atoms with E-state index in [9.17, 15) is 9.59 Å². The van der Waals surface area contributed by atoms with Crippen LogP contribution in [0.2, 0.25) is 0 Å². The molecule has 0 aliphatic rings. The highest BCUT2D eigenvalue weighted by Gasteiger charge is 2.33. The topological polar surface area (TPSA) is 81.2 Å². The van der Waals surface area contributed by atoms with E-state index in [1.165, 1.54) is 11.3 Å². The number of amides is 1. The van der Waals surface area contributed by atoms with Crippen LogP contribution < -0.4 is 11.3 Å². The smallest absolute Gasteiger partial charge is 0.271 e. The summed E-state index contributed by atoms with van der Waals surface area (Å²) < 4.78 is 4.44. The number of nitrogens with zero attached hydrogens (tertiary/aromatic N) is 3. The van der Waals surface area contributed by atoms with Crippen LogP contribution in [0.4, 0.5) is 0 Å². The monoisotopic (exact) mass is 622 g/mol. The third kappa shape index (κ3) is 5.59. The summed E-state index contributed by atoms with van der Waals surface area (Å²) in [4.78, 5) is 36.3. The van der Waals surface area contributed by atoms with E-state index in [-0.39, 0.29) is 17.4 Å². The van der Waals surface area contributed by atoms with Gasteiger partial charge in [0.2, 0.25) is 0 Å². The molecule has 0 bridgehead atoms. The van der Waals surface area contributed by atoms with E-state index < -0.39 is 6.04 Å². The maximum atomic E-state index is 14.2. The van der Waals surface area contributed by atoms with Gasteiger partial charge in [0.05, 0.1) is 21.9 Å². The Kier molecular flexibility index (Phi) is 8.32. The van der Waals surface area contributed by atoms with Gasteiger partial charge in [0.25, 0.3) is 11.5 Å². The quantitative estimate of drug-likeness (QED) is 0.192. The highest BCUT2D eigenvalue weighted by Crippen LogP contribution is 2.35. The van der Waals surface area contributed by atoms with Crippen molar-refractivity contribution in [3.8, 4) is 0 Å². The average Bonchev–Trinajstić information content (AvgIpc) is 3.51. The molecular weight excluding hydrogens is 592 g/mol. The number of nitrogens with two attached hydrogens (primary N) is 1. The van der Waals surface area contributed by atoms with Crippen molar-refractivity contribution < 1.29 is 4.79 Å². The predicted molar refractivity (Wildman–Crippen MR) is 166 cm³/mol. The third-order valence-electron chi connectivity index (χ3n) is 6.85. The first kappa shape index (κ1) is 27.7. The first-order valence-electron chi connectivity index (χ1n) is 13.0. The molecular formula is C30H31BrN4O2S2. The van der Waals surface area contributed by atoms with Crippen LogP contribution in [0.3, 0.4) is 0 Å². The van der Waals surface area contributed by atoms with Crippen LogP contribution in [0.25, 0.3) is 20.3 Å². The molecule has 3 heterocycles. The number of hydrogen-bond acceptors (Lipinski definition) is 6. The number of hydrogen-bond donors (Lipinski definition) is 1. The number of aromatic nitrogens is 2. The standard InChI is InChI=1S/C30H31BrN4O2S2/c1-18(2)26(34(16-6-15-32)29(36)20-11-9-19(3)10-12-20)28-33-25-22-7-4-5-8-23(22)39-27(25)30(37)35(28)17-21-13-14-24(31)38-21/h4-5,7-14,18,26H,6,15-17,32H2,1-3H3. The SMILES string of the molecule is Cc1ccc(C(=O)N(CCCN)C(c2nc3c(sc4ccccc43)c(=O)n2Cc2ccc(Br)s2)C(C)C)cc1. The van der Waals surface area contributed by atoms with Gasteiger partial charge in [-0.3, -0.25) is 14.2 Å². The minimum absolute atomic E-state index is 0.00672. The Morgan fingerprint density at radius 1 is 1.08 bits per heavy atom. The number of thiophene rings is 2. The molecule has 0 fully saturated rings. The molecule has 5 rings (SSSR count). The molecule has 5 aromatic rings. The summed E-state index contributed by atoms with van der Waals surface area (Å²) in [6.45, 7) is 7.47. The molecule has 0 radical (unpaired) electrons. The molecule has 2 aromatic carbocycles. The van der Waals surface area contributed by atoms with Crippen LogP contribution in [0.5, 0.6) is 0 Å². The fourth-order valence-corrected chi connectivity index (χ4v) is 7.51. The second kappa shape index (κ2) is 11.7. The highest BCUT2D eigenvalue weighted by atomic mass is 79.9. The summed E-state index contributed by atoms with van der Waals surface area (Å²) >= 11 is 6.62. The zero-order chi connectivity index (χ0) is 27.7. The molecule has 6 nitrogen and oxygen atoms in total. The lowest BCUT2D eigenvalue weighted by Gasteiger charge is -2.35. The van der Waals surface area contributed by atoms with Crippen LogP contribution >= 0.6 is 38.6 Å². The van der Waals surface area contributed by atoms with Crippen molar-refractivity contribution in [2.75, 3.05) is 13.1 Å². The van der Waals surface area contributed by atoms with Gasteiger partial charge in [0, 0.05) is 27.1 Å². The first-order valence-corrected chi connectivity index (χ1v) is 15.4.